The number of rotatable bonds is 4. The van der Waals surface area contributed by atoms with Crippen LogP contribution < -0.4 is 5.32 Å². The van der Waals surface area contributed by atoms with Crippen molar-refractivity contribution in [3.05, 3.63) is 76.3 Å². The highest BCUT2D eigenvalue weighted by molar-refractivity contribution is 5.92. The maximum absolute atomic E-state index is 12.7. The van der Waals surface area contributed by atoms with Crippen molar-refractivity contribution in [1.29, 1.82) is 0 Å². The summed E-state index contributed by atoms with van der Waals surface area (Å²) in [4.78, 5) is 12.0. The maximum atomic E-state index is 12.7. The number of nitrogens with zero attached hydrogens (tertiary/aromatic N) is 2. The first-order chi connectivity index (χ1) is 14.6. The van der Waals surface area contributed by atoms with Crippen LogP contribution in [-0.4, -0.2) is 22.2 Å². The number of amides is 1. The fourth-order valence-electron chi connectivity index (χ4n) is 3.04. The van der Waals surface area contributed by atoms with Crippen molar-refractivity contribution < 1.29 is 22.5 Å². The van der Waals surface area contributed by atoms with Crippen molar-refractivity contribution in [2.75, 3.05) is 6.54 Å². The zero-order valence-electron chi connectivity index (χ0n) is 17.2. The van der Waals surface area contributed by atoms with Crippen molar-refractivity contribution in [2.24, 2.45) is 0 Å². The van der Waals surface area contributed by atoms with Gasteiger partial charge in [-0.3, -0.25) is 9.36 Å². The number of hydrogen-bond donors (Lipinski definition) is 1. The lowest BCUT2D eigenvalue weighted by Gasteiger charge is -2.05. The number of halogens is 3. The normalized spacial score (nSPS) is 11.4. The number of hydrogen-bond acceptors (Lipinski definition) is 3. The molecule has 2 heterocycles. The predicted molar refractivity (Wildman–Crippen MR) is 110 cm³/mol. The first-order valence-corrected chi connectivity index (χ1v) is 9.40. The summed E-state index contributed by atoms with van der Waals surface area (Å²) in [6.07, 6.45) is -1.36. The third kappa shape index (κ3) is 5.45. The summed E-state index contributed by atoms with van der Waals surface area (Å²) in [6.45, 7) is 5.66. The highest BCUT2D eigenvalue weighted by Crippen LogP contribution is 2.29. The van der Waals surface area contributed by atoms with Gasteiger partial charge < -0.3 is 9.84 Å². The van der Waals surface area contributed by atoms with E-state index in [1.165, 1.54) is 18.2 Å². The summed E-state index contributed by atoms with van der Waals surface area (Å²) in [5.41, 5.74) is 2.17. The van der Waals surface area contributed by atoms with Crippen molar-refractivity contribution in [3.63, 3.8) is 0 Å². The smallest absolute Gasteiger partial charge is 0.360 e. The summed E-state index contributed by atoms with van der Waals surface area (Å²) in [6, 6.07) is 8.49. The van der Waals surface area contributed by atoms with E-state index in [-0.39, 0.29) is 18.0 Å². The van der Waals surface area contributed by atoms with E-state index in [4.69, 9.17) is 4.52 Å². The van der Waals surface area contributed by atoms with Crippen LogP contribution >= 0.6 is 0 Å². The largest absolute Gasteiger partial charge is 0.416 e. The Bertz CT molecular complexity index is 1190. The Hall–Kier alpha value is -3.73. The Labute approximate surface area is 177 Å². The molecule has 0 aliphatic carbocycles. The van der Waals surface area contributed by atoms with Crippen LogP contribution in [0.15, 0.2) is 47.0 Å². The molecule has 0 aliphatic heterocycles. The topological polar surface area (TPSA) is 60.1 Å². The van der Waals surface area contributed by atoms with Crippen LogP contribution in [0, 0.1) is 32.6 Å². The Balaban J connectivity index is 1.61. The molecule has 3 aromatic rings. The van der Waals surface area contributed by atoms with Crippen molar-refractivity contribution >= 4 is 12.0 Å². The molecular weight excluding hydrogens is 407 g/mol. The molecule has 0 radical (unpaired) electrons. The van der Waals surface area contributed by atoms with Gasteiger partial charge in [-0.25, -0.2) is 0 Å². The van der Waals surface area contributed by atoms with Crippen molar-refractivity contribution in [1.82, 2.24) is 15.0 Å². The third-order valence-corrected chi connectivity index (χ3v) is 4.50. The van der Waals surface area contributed by atoms with Gasteiger partial charge in [-0.15, -0.1) is 0 Å². The molecule has 1 aromatic carbocycles. The maximum Gasteiger partial charge on any atom is 0.416 e. The number of alkyl halides is 3. The summed E-state index contributed by atoms with van der Waals surface area (Å²) >= 11 is 0. The van der Waals surface area contributed by atoms with Crippen LogP contribution in [0.3, 0.4) is 0 Å². The molecule has 0 spiro atoms. The van der Waals surface area contributed by atoms with Gasteiger partial charge in [-0.05, 0) is 56.7 Å². The SMILES string of the molecule is Cc1cc(-n2c(C)cc(/C=C/C(=O)NCC#Cc3cccc(C(F)(F)F)c3)c2C)no1. The summed E-state index contributed by atoms with van der Waals surface area (Å²) in [5, 5.41) is 6.61. The van der Waals surface area contributed by atoms with Crippen LogP contribution in [0.1, 0.15) is 33.8 Å². The molecule has 2 aromatic heterocycles. The lowest BCUT2D eigenvalue weighted by atomic mass is 10.1. The minimum atomic E-state index is -4.42. The van der Waals surface area contributed by atoms with Crippen LogP contribution in [0.25, 0.3) is 11.9 Å². The average molecular weight is 427 g/mol. The molecule has 0 atom stereocenters. The number of aryl methyl sites for hydroxylation is 2. The minimum Gasteiger partial charge on any atom is -0.360 e. The summed E-state index contributed by atoms with van der Waals surface area (Å²) in [7, 11) is 0. The van der Waals surface area contributed by atoms with Gasteiger partial charge in [0.25, 0.3) is 0 Å². The monoisotopic (exact) mass is 427 g/mol. The molecule has 0 fully saturated rings. The van der Waals surface area contributed by atoms with E-state index < -0.39 is 11.7 Å². The number of carbonyl (C=O) groups is 1. The van der Waals surface area contributed by atoms with Gasteiger partial charge in [0.15, 0.2) is 5.82 Å². The van der Waals surface area contributed by atoms with E-state index in [0.29, 0.717) is 11.6 Å². The van der Waals surface area contributed by atoms with E-state index in [0.717, 1.165) is 29.1 Å². The fourth-order valence-corrected chi connectivity index (χ4v) is 3.04. The molecule has 5 nitrogen and oxygen atoms in total. The highest BCUT2D eigenvalue weighted by atomic mass is 19.4. The van der Waals surface area contributed by atoms with E-state index >= 15 is 0 Å². The molecule has 160 valence electrons. The van der Waals surface area contributed by atoms with E-state index in [2.05, 4.69) is 22.3 Å². The van der Waals surface area contributed by atoms with Crippen LogP contribution in [-0.2, 0) is 11.0 Å². The van der Waals surface area contributed by atoms with Gasteiger partial charge in [0.1, 0.15) is 5.76 Å². The Morgan fingerprint density at radius 3 is 2.68 bits per heavy atom. The Morgan fingerprint density at radius 1 is 1.23 bits per heavy atom. The number of nitrogens with one attached hydrogen (secondary N) is 1. The third-order valence-electron chi connectivity index (χ3n) is 4.50. The van der Waals surface area contributed by atoms with E-state index in [1.807, 2.05) is 37.5 Å². The molecule has 0 saturated heterocycles. The molecule has 31 heavy (non-hydrogen) atoms. The molecule has 0 aliphatic rings. The second kappa shape index (κ2) is 8.96. The van der Waals surface area contributed by atoms with Crippen molar-refractivity contribution in [3.8, 4) is 17.7 Å². The minimum absolute atomic E-state index is 0.0106. The zero-order valence-corrected chi connectivity index (χ0v) is 17.2. The standard InChI is InChI=1S/C23H20F3N3O2/c1-15-12-19(17(3)29(15)21-13-16(2)31-28-21)9-10-22(30)27-11-5-7-18-6-4-8-20(14-18)23(24,25)26/h4,6,8-10,12-14H,11H2,1-3H3,(H,27,30)/b10-9+. The Morgan fingerprint density at radius 2 is 2.00 bits per heavy atom. The second-order valence-corrected chi connectivity index (χ2v) is 6.89. The fraction of sp³-hybridized carbons (Fsp3) is 0.217. The van der Waals surface area contributed by atoms with E-state index in [1.54, 1.807) is 6.08 Å². The van der Waals surface area contributed by atoms with Crippen LogP contribution in [0.5, 0.6) is 0 Å². The van der Waals surface area contributed by atoms with Gasteiger partial charge in [0.05, 0.1) is 12.1 Å². The van der Waals surface area contributed by atoms with Gasteiger partial charge >= 0.3 is 6.18 Å². The van der Waals surface area contributed by atoms with E-state index in [9.17, 15) is 18.0 Å². The van der Waals surface area contributed by atoms with Gasteiger partial charge in [0.2, 0.25) is 5.91 Å². The first kappa shape index (κ1) is 22.0. The van der Waals surface area contributed by atoms with Gasteiger partial charge in [-0.1, -0.05) is 23.1 Å². The van der Waals surface area contributed by atoms with Gasteiger partial charge in [-0.2, -0.15) is 13.2 Å². The molecule has 0 saturated carbocycles. The molecule has 1 amide bonds. The molecular formula is C23H20F3N3O2. The molecule has 0 bridgehead atoms. The lowest BCUT2D eigenvalue weighted by molar-refractivity contribution is -0.137. The van der Waals surface area contributed by atoms with Crippen LogP contribution in [0.2, 0.25) is 0 Å². The Kier molecular flexibility index (Phi) is 6.35. The van der Waals surface area contributed by atoms with Crippen LogP contribution in [0.4, 0.5) is 13.2 Å². The first-order valence-electron chi connectivity index (χ1n) is 9.40. The molecule has 1 N–H and O–H groups in total. The predicted octanol–water partition coefficient (Wildman–Crippen LogP) is 4.59. The number of aromatic nitrogens is 2. The lowest BCUT2D eigenvalue weighted by Crippen LogP contribution is -2.20. The average Bonchev–Trinajstić information content (AvgIpc) is 3.25. The van der Waals surface area contributed by atoms with Crippen molar-refractivity contribution in [2.45, 2.75) is 26.9 Å². The second-order valence-electron chi connectivity index (χ2n) is 6.89. The number of benzene rings is 1. The molecule has 3 rings (SSSR count). The zero-order chi connectivity index (χ0) is 22.6. The summed E-state index contributed by atoms with van der Waals surface area (Å²) < 4.78 is 45.2. The van der Waals surface area contributed by atoms with Gasteiger partial charge in [0, 0.05) is 29.1 Å². The molecule has 0 unspecified atom stereocenters. The molecule has 8 heteroatoms. The summed E-state index contributed by atoms with van der Waals surface area (Å²) in [5.74, 6) is 6.28. The quantitative estimate of drug-likeness (QED) is 0.489. The highest BCUT2D eigenvalue weighted by Gasteiger charge is 2.30. The number of carbonyl (C=O) groups excluding carboxylic acids is 1.